The Bertz CT molecular complexity index is 382. The molecule has 204 valence electrons. The van der Waals surface area contributed by atoms with Gasteiger partial charge in [0, 0.05) is 6.61 Å². The van der Waals surface area contributed by atoms with Gasteiger partial charge in [-0.25, -0.2) is 0 Å². The summed E-state index contributed by atoms with van der Waals surface area (Å²) in [7, 11) is 0. The summed E-state index contributed by atoms with van der Waals surface area (Å²) in [5.41, 5.74) is 0. The minimum absolute atomic E-state index is 0.393. The van der Waals surface area contributed by atoms with Crippen LogP contribution in [0.1, 0.15) is 84.0 Å². The first-order valence-electron chi connectivity index (χ1n) is 14.1. The summed E-state index contributed by atoms with van der Waals surface area (Å²) in [4.78, 5) is 0. The minimum atomic E-state index is 0.393. The van der Waals surface area contributed by atoms with Gasteiger partial charge in [-0.3, -0.25) is 0 Å². The van der Waals surface area contributed by atoms with E-state index in [-0.39, 0.29) is 0 Å². The van der Waals surface area contributed by atoms with Crippen LogP contribution in [0, 0.1) is 0 Å². The Labute approximate surface area is 209 Å². The number of hydrogen-bond donors (Lipinski definition) is 1. The molecule has 1 aliphatic rings. The molecule has 34 heavy (non-hydrogen) atoms. The highest BCUT2D eigenvalue weighted by molar-refractivity contribution is 4.67. The average Bonchev–Trinajstić information content (AvgIpc) is 2.87. The molecule has 1 fully saturated rings. The van der Waals surface area contributed by atoms with E-state index in [1.54, 1.807) is 0 Å². The molecule has 0 bridgehead atoms. The van der Waals surface area contributed by atoms with Gasteiger partial charge < -0.3 is 33.7 Å². The van der Waals surface area contributed by atoms with Crippen LogP contribution in [0.3, 0.4) is 0 Å². The second-order valence-corrected chi connectivity index (χ2v) is 9.06. The summed E-state index contributed by atoms with van der Waals surface area (Å²) in [6.45, 7) is 11.4. The SMILES string of the molecule is CCCCCCCCCCCCOCCOCCOCCOCCOCCOC1CCNCC1. The second-order valence-electron chi connectivity index (χ2n) is 9.06. The minimum Gasteiger partial charge on any atom is -0.379 e. The van der Waals surface area contributed by atoms with Crippen LogP contribution < -0.4 is 5.32 Å². The quantitative estimate of drug-likeness (QED) is 0.167. The Morgan fingerprint density at radius 1 is 0.471 bits per heavy atom. The van der Waals surface area contributed by atoms with Gasteiger partial charge in [0.25, 0.3) is 0 Å². The third kappa shape index (κ3) is 23.5. The van der Waals surface area contributed by atoms with Crippen LogP contribution in [0.4, 0.5) is 0 Å². The molecule has 0 saturated carbocycles. The molecule has 0 unspecified atom stereocenters. The summed E-state index contributed by atoms with van der Waals surface area (Å²) in [6, 6.07) is 0. The number of unbranched alkanes of at least 4 members (excludes halogenated alkanes) is 9. The van der Waals surface area contributed by atoms with Crippen LogP contribution in [0.25, 0.3) is 0 Å². The van der Waals surface area contributed by atoms with Gasteiger partial charge in [0.1, 0.15) is 0 Å². The van der Waals surface area contributed by atoms with E-state index < -0.39 is 0 Å². The van der Waals surface area contributed by atoms with Crippen molar-refractivity contribution in [2.24, 2.45) is 0 Å². The van der Waals surface area contributed by atoms with Gasteiger partial charge in [0.05, 0.1) is 72.2 Å². The van der Waals surface area contributed by atoms with E-state index in [9.17, 15) is 0 Å². The first kappa shape index (κ1) is 31.7. The van der Waals surface area contributed by atoms with E-state index in [1.807, 2.05) is 0 Å². The van der Waals surface area contributed by atoms with Crippen LogP contribution in [0.15, 0.2) is 0 Å². The molecule has 7 nitrogen and oxygen atoms in total. The monoisotopic (exact) mass is 489 g/mol. The fraction of sp³-hybridized carbons (Fsp3) is 1.00. The predicted octanol–water partition coefficient (Wildman–Crippen LogP) is 4.76. The largest absolute Gasteiger partial charge is 0.379 e. The van der Waals surface area contributed by atoms with E-state index in [4.69, 9.17) is 28.4 Å². The third-order valence-corrected chi connectivity index (χ3v) is 6.00. The summed E-state index contributed by atoms with van der Waals surface area (Å²) < 4.78 is 33.5. The van der Waals surface area contributed by atoms with Crippen molar-refractivity contribution in [1.29, 1.82) is 0 Å². The molecule has 0 radical (unpaired) electrons. The second kappa shape index (κ2) is 27.3. The predicted molar refractivity (Wildman–Crippen MR) is 138 cm³/mol. The average molecular weight is 490 g/mol. The van der Waals surface area contributed by atoms with Gasteiger partial charge in [0.2, 0.25) is 0 Å². The Balaban J connectivity index is 1.61. The highest BCUT2D eigenvalue weighted by atomic mass is 16.6. The molecule has 1 rings (SSSR count). The fourth-order valence-corrected chi connectivity index (χ4v) is 3.91. The number of piperidine rings is 1. The van der Waals surface area contributed by atoms with Gasteiger partial charge in [-0.15, -0.1) is 0 Å². The van der Waals surface area contributed by atoms with Gasteiger partial charge in [-0.2, -0.15) is 0 Å². The van der Waals surface area contributed by atoms with Crippen LogP contribution in [-0.4, -0.2) is 91.9 Å². The van der Waals surface area contributed by atoms with Crippen LogP contribution in [-0.2, 0) is 28.4 Å². The first-order valence-corrected chi connectivity index (χ1v) is 14.1. The van der Waals surface area contributed by atoms with E-state index in [1.165, 1.54) is 57.8 Å². The highest BCUT2D eigenvalue weighted by Gasteiger charge is 2.12. The van der Waals surface area contributed by atoms with Crippen LogP contribution >= 0.6 is 0 Å². The Morgan fingerprint density at radius 2 is 0.853 bits per heavy atom. The molecular formula is C27H55NO6. The molecule has 0 aliphatic carbocycles. The van der Waals surface area contributed by atoms with Crippen LogP contribution in [0.5, 0.6) is 0 Å². The van der Waals surface area contributed by atoms with E-state index in [2.05, 4.69) is 12.2 Å². The van der Waals surface area contributed by atoms with Crippen molar-refractivity contribution in [2.75, 3.05) is 85.8 Å². The molecule has 1 aliphatic heterocycles. The van der Waals surface area contributed by atoms with Crippen molar-refractivity contribution >= 4 is 0 Å². The molecule has 0 aromatic carbocycles. The van der Waals surface area contributed by atoms with Gasteiger partial charge in [0.15, 0.2) is 0 Å². The highest BCUT2D eigenvalue weighted by Crippen LogP contribution is 2.10. The van der Waals surface area contributed by atoms with E-state index in [0.717, 1.165) is 39.0 Å². The van der Waals surface area contributed by atoms with Gasteiger partial charge in [-0.1, -0.05) is 64.7 Å². The van der Waals surface area contributed by atoms with Gasteiger partial charge >= 0.3 is 0 Å². The van der Waals surface area contributed by atoms with Crippen molar-refractivity contribution in [1.82, 2.24) is 5.32 Å². The van der Waals surface area contributed by atoms with Crippen LogP contribution in [0.2, 0.25) is 0 Å². The Hall–Kier alpha value is -0.280. The maximum atomic E-state index is 5.79. The first-order chi connectivity index (χ1) is 16.9. The molecule has 0 amide bonds. The number of ether oxygens (including phenoxy) is 6. The summed E-state index contributed by atoms with van der Waals surface area (Å²) in [5.74, 6) is 0. The fourth-order valence-electron chi connectivity index (χ4n) is 3.91. The topological polar surface area (TPSA) is 67.4 Å². The zero-order chi connectivity index (χ0) is 24.2. The lowest BCUT2D eigenvalue weighted by atomic mass is 10.1. The Kier molecular flexibility index (Phi) is 25.5. The molecule has 0 aromatic rings. The normalized spacial score (nSPS) is 14.7. The van der Waals surface area contributed by atoms with Crippen molar-refractivity contribution in [2.45, 2.75) is 90.1 Å². The number of hydrogen-bond acceptors (Lipinski definition) is 7. The molecule has 7 heteroatoms. The molecule has 0 spiro atoms. The number of nitrogens with one attached hydrogen (secondary N) is 1. The van der Waals surface area contributed by atoms with E-state index >= 15 is 0 Å². The zero-order valence-electron chi connectivity index (χ0n) is 22.2. The molecule has 1 saturated heterocycles. The molecule has 0 atom stereocenters. The zero-order valence-corrected chi connectivity index (χ0v) is 22.2. The molecular weight excluding hydrogens is 434 g/mol. The lowest BCUT2D eigenvalue weighted by Gasteiger charge is -2.22. The maximum Gasteiger partial charge on any atom is 0.0704 e. The van der Waals surface area contributed by atoms with Crippen molar-refractivity contribution in [3.63, 3.8) is 0 Å². The smallest absolute Gasteiger partial charge is 0.0704 e. The van der Waals surface area contributed by atoms with Crippen molar-refractivity contribution in [3.8, 4) is 0 Å². The lowest BCUT2D eigenvalue weighted by Crippen LogP contribution is -2.33. The molecule has 1 heterocycles. The van der Waals surface area contributed by atoms with Crippen molar-refractivity contribution < 1.29 is 28.4 Å². The van der Waals surface area contributed by atoms with Crippen molar-refractivity contribution in [3.05, 3.63) is 0 Å². The summed E-state index contributed by atoms with van der Waals surface area (Å²) in [5, 5.41) is 3.34. The maximum absolute atomic E-state index is 5.79. The standard InChI is InChI=1S/C27H55NO6/c1-2-3-4-5-6-7-8-9-10-11-16-29-17-18-30-19-20-31-21-22-32-23-24-33-25-26-34-27-12-14-28-15-13-27/h27-28H,2-26H2,1H3. The summed E-state index contributed by atoms with van der Waals surface area (Å²) in [6.07, 6.45) is 16.1. The molecule has 1 N–H and O–H groups in total. The molecule has 0 aromatic heterocycles. The van der Waals surface area contributed by atoms with Gasteiger partial charge in [-0.05, 0) is 32.4 Å². The number of rotatable bonds is 27. The Morgan fingerprint density at radius 3 is 1.32 bits per heavy atom. The third-order valence-electron chi connectivity index (χ3n) is 6.00. The lowest BCUT2D eigenvalue weighted by molar-refractivity contribution is -0.0296. The summed E-state index contributed by atoms with van der Waals surface area (Å²) >= 11 is 0. The van der Waals surface area contributed by atoms with E-state index in [0.29, 0.717) is 72.2 Å².